The first-order chi connectivity index (χ1) is 15.8. The topological polar surface area (TPSA) is 41.1 Å². The third-order valence-electron chi connectivity index (χ3n) is 6.25. The molecule has 6 heteroatoms. The van der Waals surface area contributed by atoms with E-state index in [2.05, 4.69) is 22.2 Å². The molecule has 1 aromatic heterocycles. The highest BCUT2D eigenvalue weighted by molar-refractivity contribution is 5.89. The molecule has 1 aliphatic rings. The molecular weight excluding hydrogens is 418 g/mol. The van der Waals surface area contributed by atoms with Gasteiger partial charge in [-0.1, -0.05) is 56.2 Å². The number of nitrogens with one attached hydrogen (secondary N) is 1. The van der Waals surface area contributed by atoms with E-state index in [0.717, 1.165) is 53.0 Å². The van der Waals surface area contributed by atoms with Crippen LogP contribution in [0.2, 0.25) is 0 Å². The summed E-state index contributed by atoms with van der Waals surface area (Å²) in [4.78, 5) is 10.8. The van der Waals surface area contributed by atoms with Crippen molar-refractivity contribution in [2.24, 2.45) is 11.8 Å². The number of hydrogen-bond donors (Lipinski definition) is 1. The van der Waals surface area contributed by atoms with Crippen LogP contribution in [0.3, 0.4) is 0 Å². The van der Waals surface area contributed by atoms with E-state index in [9.17, 15) is 8.78 Å². The number of alkyl halides is 2. The van der Waals surface area contributed by atoms with Crippen molar-refractivity contribution in [2.45, 2.75) is 52.5 Å². The zero-order chi connectivity index (χ0) is 23.8. The average molecular weight is 455 g/mol. The van der Waals surface area contributed by atoms with E-state index in [-0.39, 0.29) is 5.56 Å². The Hall–Kier alpha value is -2.60. The van der Waals surface area contributed by atoms with Crippen LogP contribution in [-0.4, -0.2) is 30.6 Å². The predicted molar refractivity (Wildman–Crippen MR) is 133 cm³/mol. The van der Waals surface area contributed by atoms with Gasteiger partial charge in [0.2, 0.25) is 0 Å². The zero-order valence-corrected chi connectivity index (χ0v) is 20.2. The molecule has 2 aromatic carbocycles. The molecule has 1 saturated carbocycles. The second-order valence-electron chi connectivity index (χ2n) is 9.31. The Morgan fingerprint density at radius 2 is 1.64 bits per heavy atom. The SMILES string of the molecule is CC1CCC(CNCc2ccc(C(F)F)cc2)CC1.Cc1nc(N(C)C)c2ccccc2n1. The smallest absolute Gasteiger partial charge is 0.263 e. The van der Waals surface area contributed by atoms with Gasteiger partial charge in [0.05, 0.1) is 5.52 Å². The van der Waals surface area contributed by atoms with Crippen molar-refractivity contribution in [2.75, 3.05) is 25.5 Å². The van der Waals surface area contributed by atoms with Crippen LogP contribution in [0.4, 0.5) is 14.6 Å². The lowest BCUT2D eigenvalue weighted by atomic mass is 9.83. The van der Waals surface area contributed by atoms with Crippen molar-refractivity contribution in [1.82, 2.24) is 15.3 Å². The molecule has 0 amide bonds. The van der Waals surface area contributed by atoms with Gasteiger partial charge in [-0.3, -0.25) is 0 Å². The van der Waals surface area contributed by atoms with Gasteiger partial charge in [-0.25, -0.2) is 18.7 Å². The maximum absolute atomic E-state index is 12.4. The fourth-order valence-corrected chi connectivity index (χ4v) is 4.25. The number of fused-ring (bicyclic) bond motifs is 1. The van der Waals surface area contributed by atoms with Crippen LogP contribution in [0.15, 0.2) is 48.5 Å². The van der Waals surface area contributed by atoms with Gasteiger partial charge >= 0.3 is 0 Å². The maximum atomic E-state index is 12.4. The van der Waals surface area contributed by atoms with Crippen molar-refractivity contribution < 1.29 is 8.78 Å². The first kappa shape index (κ1) is 25.0. The second kappa shape index (κ2) is 12.0. The summed E-state index contributed by atoms with van der Waals surface area (Å²) < 4.78 is 24.8. The number of hydrogen-bond acceptors (Lipinski definition) is 4. The highest BCUT2D eigenvalue weighted by atomic mass is 19.3. The molecule has 1 N–H and O–H groups in total. The Morgan fingerprint density at radius 3 is 2.27 bits per heavy atom. The molecule has 0 radical (unpaired) electrons. The van der Waals surface area contributed by atoms with Crippen molar-refractivity contribution >= 4 is 16.7 Å². The van der Waals surface area contributed by atoms with Crippen LogP contribution in [0, 0.1) is 18.8 Å². The van der Waals surface area contributed by atoms with Crippen molar-refractivity contribution in [3.63, 3.8) is 0 Å². The maximum Gasteiger partial charge on any atom is 0.263 e. The van der Waals surface area contributed by atoms with E-state index in [1.165, 1.54) is 37.8 Å². The van der Waals surface area contributed by atoms with E-state index in [4.69, 9.17) is 0 Å². The third kappa shape index (κ3) is 7.46. The Kier molecular flexibility index (Phi) is 9.12. The molecule has 4 nitrogen and oxygen atoms in total. The molecule has 4 rings (SSSR count). The molecule has 0 atom stereocenters. The molecule has 1 fully saturated rings. The van der Waals surface area contributed by atoms with Crippen molar-refractivity contribution in [3.8, 4) is 0 Å². The zero-order valence-electron chi connectivity index (χ0n) is 20.2. The number of halogens is 2. The van der Waals surface area contributed by atoms with Crippen LogP contribution in [0.1, 0.15) is 56.0 Å². The summed E-state index contributed by atoms with van der Waals surface area (Å²) in [7, 11) is 3.99. The fraction of sp³-hybridized carbons (Fsp3) is 0.481. The Labute approximate surface area is 196 Å². The molecule has 1 aliphatic carbocycles. The predicted octanol–water partition coefficient (Wildman–Crippen LogP) is 6.54. The summed E-state index contributed by atoms with van der Waals surface area (Å²) in [6.45, 7) is 6.06. The Morgan fingerprint density at radius 1 is 0.970 bits per heavy atom. The number of aromatic nitrogens is 2. The number of anilines is 1. The Balaban J connectivity index is 0.000000194. The summed E-state index contributed by atoms with van der Waals surface area (Å²) in [5.74, 6) is 3.47. The third-order valence-corrected chi connectivity index (χ3v) is 6.25. The van der Waals surface area contributed by atoms with Crippen molar-refractivity contribution in [3.05, 3.63) is 65.5 Å². The van der Waals surface area contributed by atoms with Crippen LogP contribution in [-0.2, 0) is 6.54 Å². The lowest BCUT2D eigenvalue weighted by Gasteiger charge is -2.26. The number of aryl methyl sites for hydroxylation is 1. The standard InChI is InChI=1S/C16H23F2N.C11H13N3/c1-12-2-4-13(5-3-12)10-19-11-14-6-8-15(9-7-14)16(17)18;1-8-12-10-7-5-4-6-9(10)11(13-8)14(2)3/h6-9,12-13,16,19H,2-5,10-11H2,1H3;4-7H,1-3H3. The molecular formula is C27H36F2N4. The highest BCUT2D eigenvalue weighted by Crippen LogP contribution is 2.27. The normalized spacial score (nSPS) is 18.2. The first-order valence-corrected chi connectivity index (χ1v) is 11.8. The number of benzene rings is 2. The molecule has 33 heavy (non-hydrogen) atoms. The molecule has 0 spiro atoms. The van der Waals surface area contributed by atoms with Crippen LogP contribution < -0.4 is 10.2 Å². The van der Waals surface area contributed by atoms with Gasteiger partial charge in [-0.15, -0.1) is 0 Å². The second-order valence-corrected chi connectivity index (χ2v) is 9.31. The number of rotatable bonds is 6. The number of nitrogens with zero attached hydrogens (tertiary/aromatic N) is 3. The van der Waals surface area contributed by atoms with E-state index in [1.54, 1.807) is 12.1 Å². The molecule has 0 bridgehead atoms. The summed E-state index contributed by atoms with van der Waals surface area (Å²) in [5.41, 5.74) is 2.18. The summed E-state index contributed by atoms with van der Waals surface area (Å²) >= 11 is 0. The van der Waals surface area contributed by atoms with Gasteiger partial charge in [0.25, 0.3) is 6.43 Å². The van der Waals surface area contributed by atoms with E-state index < -0.39 is 6.43 Å². The van der Waals surface area contributed by atoms with Crippen LogP contribution >= 0.6 is 0 Å². The lowest BCUT2D eigenvalue weighted by Crippen LogP contribution is -2.25. The van der Waals surface area contributed by atoms with Gasteiger partial charge in [0.15, 0.2) is 0 Å². The fourth-order valence-electron chi connectivity index (χ4n) is 4.25. The van der Waals surface area contributed by atoms with Gasteiger partial charge in [-0.2, -0.15) is 0 Å². The quantitative estimate of drug-likeness (QED) is 0.459. The molecule has 1 heterocycles. The lowest BCUT2D eigenvalue weighted by molar-refractivity contribution is 0.151. The molecule has 0 unspecified atom stereocenters. The average Bonchev–Trinajstić information content (AvgIpc) is 2.80. The van der Waals surface area contributed by atoms with E-state index >= 15 is 0 Å². The summed E-state index contributed by atoms with van der Waals surface area (Å²) in [6, 6.07) is 14.7. The minimum Gasteiger partial charge on any atom is -0.362 e. The molecule has 178 valence electrons. The molecule has 3 aromatic rings. The first-order valence-electron chi connectivity index (χ1n) is 11.8. The van der Waals surface area contributed by atoms with Crippen LogP contribution in [0.25, 0.3) is 10.9 Å². The van der Waals surface area contributed by atoms with Gasteiger partial charge in [0, 0.05) is 31.6 Å². The summed E-state index contributed by atoms with van der Waals surface area (Å²) in [5, 5.41) is 4.55. The van der Waals surface area contributed by atoms with Crippen LogP contribution in [0.5, 0.6) is 0 Å². The van der Waals surface area contributed by atoms with Gasteiger partial charge in [-0.05, 0) is 55.8 Å². The minimum atomic E-state index is -2.37. The van der Waals surface area contributed by atoms with E-state index in [1.807, 2.05) is 50.2 Å². The van der Waals surface area contributed by atoms with E-state index in [0.29, 0.717) is 0 Å². The Bertz CT molecular complexity index is 997. The number of para-hydroxylation sites is 1. The minimum absolute atomic E-state index is 0.102. The molecule has 0 saturated heterocycles. The largest absolute Gasteiger partial charge is 0.362 e. The van der Waals surface area contributed by atoms with Gasteiger partial charge < -0.3 is 10.2 Å². The molecule has 0 aliphatic heterocycles. The van der Waals surface area contributed by atoms with Crippen molar-refractivity contribution in [1.29, 1.82) is 0 Å². The monoisotopic (exact) mass is 454 g/mol. The summed E-state index contributed by atoms with van der Waals surface area (Å²) in [6.07, 6.45) is 2.95. The van der Waals surface area contributed by atoms with Gasteiger partial charge in [0.1, 0.15) is 11.6 Å². The highest BCUT2D eigenvalue weighted by Gasteiger charge is 2.17.